The van der Waals surface area contributed by atoms with E-state index in [0.29, 0.717) is 17.7 Å². The van der Waals surface area contributed by atoms with Crippen molar-refractivity contribution >= 4 is 27.6 Å². The Morgan fingerprint density at radius 1 is 1.00 bits per heavy atom. The van der Waals surface area contributed by atoms with Gasteiger partial charge in [-0.2, -0.15) is 0 Å². The number of aromatic nitrogens is 2. The Kier molecular flexibility index (Phi) is 5.33. The van der Waals surface area contributed by atoms with Crippen LogP contribution >= 0.6 is 0 Å². The number of carbonyl (C=O) groups excluding carboxylic acids is 1. The Bertz CT molecular complexity index is 1110. The molecule has 0 amide bonds. The number of ether oxygens (including phenoxy) is 1. The molecular formula is C23H21FN2O2. The molecule has 0 N–H and O–H groups in total. The zero-order chi connectivity index (χ0) is 19.3. The van der Waals surface area contributed by atoms with Gasteiger partial charge in [-0.05, 0) is 37.5 Å². The number of pyridine rings is 1. The maximum Gasteiger partial charge on any atom is 0.345 e. The van der Waals surface area contributed by atoms with Crippen LogP contribution in [-0.2, 0) is 6.54 Å². The standard InChI is InChI=1S/C23H21FN2O2/c24-12-4-1-5-14-26-16-20(19-8-2-3-9-21(19)26)23(27)28-22-10-6-7-17-15-25-13-11-18(17)22/h2-3,6-11,13,15-16H,1,4-5,12,14H2. The smallest absolute Gasteiger partial charge is 0.345 e. The van der Waals surface area contributed by atoms with Crippen LogP contribution in [0, 0.1) is 0 Å². The summed E-state index contributed by atoms with van der Waals surface area (Å²) >= 11 is 0. The molecule has 4 aromatic rings. The number of para-hydroxylation sites is 1. The lowest BCUT2D eigenvalue weighted by Crippen LogP contribution is -2.08. The van der Waals surface area contributed by atoms with E-state index >= 15 is 0 Å². The molecular weight excluding hydrogens is 355 g/mol. The number of nitrogens with zero attached hydrogens (tertiary/aromatic N) is 2. The Morgan fingerprint density at radius 2 is 1.89 bits per heavy atom. The second kappa shape index (κ2) is 8.21. The highest BCUT2D eigenvalue weighted by Gasteiger charge is 2.17. The van der Waals surface area contributed by atoms with Crippen molar-refractivity contribution in [2.75, 3.05) is 6.67 Å². The van der Waals surface area contributed by atoms with Gasteiger partial charge in [0.15, 0.2) is 0 Å². The molecule has 2 aromatic heterocycles. The largest absolute Gasteiger partial charge is 0.422 e. The number of benzene rings is 2. The minimum Gasteiger partial charge on any atom is -0.422 e. The van der Waals surface area contributed by atoms with E-state index in [1.54, 1.807) is 18.5 Å². The van der Waals surface area contributed by atoms with Crippen molar-refractivity contribution in [1.82, 2.24) is 9.55 Å². The fourth-order valence-electron chi connectivity index (χ4n) is 3.48. The summed E-state index contributed by atoms with van der Waals surface area (Å²) in [4.78, 5) is 17.1. The quantitative estimate of drug-likeness (QED) is 0.241. The number of rotatable bonds is 7. The maximum atomic E-state index is 13.0. The van der Waals surface area contributed by atoms with Crippen molar-refractivity contribution in [2.24, 2.45) is 0 Å². The molecule has 4 nitrogen and oxygen atoms in total. The Morgan fingerprint density at radius 3 is 2.79 bits per heavy atom. The van der Waals surface area contributed by atoms with Crippen molar-refractivity contribution in [3.63, 3.8) is 0 Å². The fourth-order valence-corrected chi connectivity index (χ4v) is 3.48. The molecule has 142 valence electrons. The number of alkyl halides is 1. The van der Waals surface area contributed by atoms with Gasteiger partial charge in [-0.15, -0.1) is 0 Å². The molecule has 0 saturated heterocycles. The molecule has 0 aliphatic heterocycles. The fraction of sp³-hybridized carbons (Fsp3) is 0.217. The number of fused-ring (bicyclic) bond motifs is 2. The van der Waals surface area contributed by atoms with E-state index in [-0.39, 0.29) is 12.6 Å². The molecule has 0 radical (unpaired) electrons. The molecule has 0 spiro atoms. The van der Waals surface area contributed by atoms with E-state index in [0.717, 1.165) is 41.1 Å². The zero-order valence-electron chi connectivity index (χ0n) is 15.5. The van der Waals surface area contributed by atoms with Gasteiger partial charge in [-0.3, -0.25) is 9.37 Å². The number of aryl methyl sites for hydroxylation is 1. The molecule has 2 aromatic carbocycles. The topological polar surface area (TPSA) is 44.1 Å². The van der Waals surface area contributed by atoms with Gasteiger partial charge >= 0.3 is 5.97 Å². The van der Waals surface area contributed by atoms with Crippen molar-refractivity contribution < 1.29 is 13.9 Å². The average Bonchev–Trinajstić information content (AvgIpc) is 3.10. The molecule has 0 saturated carbocycles. The first kappa shape index (κ1) is 18.2. The third-order valence-electron chi connectivity index (χ3n) is 4.88. The Labute approximate surface area is 162 Å². The van der Waals surface area contributed by atoms with Gasteiger partial charge in [0.2, 0.25) is 0 Å². The van der Waals surface area contributed by atoms with Gasteiger partial charge in [0.1, 0.15) is 5.75 Å². The molecule has 0 aliphatic rings. The third kappa shape index (κ3) is 3.60. The lowest BCUT2D eigenvalue weighted by atomic mass is 10.1. The number of esters is 1. The van der Waals surface area contributed by atoms with E-state index in [1.807, 2.05) is 48.7 Å². The van der Waals surface area contributed by atoms with Crippen LogP contribution in [0.25, 0.3) is 21.7 Å². The molecule has 4 rings (SSSR count). The minimum absolute atomic E-state index is 0.287. The predicted molar refractivity (Wildman–Crippen MR) is 108 cm³/mol. The van der Waals surface area contributed by atoms with Crippen LogP contribution < -0.4 is 4.74 Å². The maximum absolute atomic E-state index is 13.0. The van der Waals surface area contributed by atoms with E-state index in [9.17, 15) is 9.18 Å². The second-order valence-electron chi connectivity index (χ2n) is 6.75. The van der Waals surface area contributed by atoms with Crippen LogP contribution in [0.5, 0.6) is 5.75 Å². The van der Waals surface area contributed by atoms with Crippen molar-refractivity contribution in [3.05, 3.63) is 72.7 Å². The minimum atomic E-state index is -0.386. The normalized spacial score (nSPS) is 11.2. The number of hydrogen-bond donors (Lipinski definition) is 0. The molecule has 0 bridgehead atoms. The first-order chi connectivity index (χ1) is 13.8. The van der Waals surface area contributed by atoms with Crippen LogP contribution in [0.3, 0.4) is 0 Å². The summed E-state index contributed by atoms with van der Waals surface area (Å²) in [5, 5.41) is 2.63. The lowest BCUT2D eigenvalue weighted by molar-refractivity contribution is 0.0739. The lowest BCUT2D eigenvalue weighted by Gasteiger charge is -2.07. The van der Waals surface area contributed by atoms with E-state index in [1.165, 1.54) is 0 Å². The molecule has 0 unspecified atom stereocenters. The van der Waals surface area contributed by atoms with Gasteiger partial charge in [-0.25, -0.2) is 4.79 Å². The summed E-state index contributed by atoms with van der Waals surface area (Å²) in [5.74, 6) is 0.132. The molecule has 0 fully saturated rings. The average molecular weight is 376 g/mol. The highest BCUT2D eigenvalue weighted by atomic mass is 19.1. The first-order valence-corrected chi connectivity index (χ1v) is 9.46. The number of carbonyl (C=O) groups is 1. The van der Waals surface area contributed by atoms with Crippen LogP contribution in [-0.4, -0.2) is 22.2 Å². The highest BCUT2D eigenvalue weighted by Crippen LogP contribution is 2.28. The summed E-state index contributed by atoms with van der Waals surface area (Å²) in [6, 6.07) is 15.2. The summed E-state index contributed by atoms with van der Waals surface area (Å²) in [6.07, 6.45) is 7.54. The van der Waals surface area contributed by atoms with Gasteiger partial charge in [0, 0.05) is 46.8 Å². The van der Waals surface area contributed by atoms with Crippen LogP contribution in [0.4, 0.5) is 4.39 Å². The van der Waals surface area contributed by atoms with Crippen molar-refractivity contribution in [2.45, 2.75) is 25.8 Å². The van der Waals surface area contributed by atoms with E-state index in [2.05, 4.69) is 9.55 Å². The van der Waals surface area contributed by atoms with Crippen LogP contribution in [0.15, 0.2) is 67.1 Å². The first-order valence-electron chi connectivity index (χ1n) is 9.46. The SMILES string of the molecule is O=C(Oc1cccc2cnccc12)c1cn(CCCCCF)c2ccccc12. The summed E-state index contributed by atoms with van der Waals surface area (Å²) < 4.78 is 20.1. The van der Waals surface area contributed by atoms with E-state index in [4.69, 9.17) is 4.74 Å². The molecule has 5 heteroatoms. The molecule has 0 aliphatic carbocycles. The van der Waals surface area contributed by atoms with Gasteiger partial charge in [0.25, 0.3) is 0 Å². The van der Waals surface area contributed by atoms with E-state index < -0.39 is 0 Å². The van der Waals surface area contributed by atoms with Gasteiger partial charge in [0.05, 0.1) is 12.2 Å². The van der Waals surface area contributed by atoms with Crippen LogP contribution in [0.2, 0.25) is 0 Å². The monoisotopic (exact) mass is 376 g/mol. The second-order valence-corrected chi connectivity index (χ2v) is 6.75. The molecule has 28 heavy (non-hydrogen) atoms. The number of unbranched alkanes of at least 4 members (excludes halogenated alkanes) is 2. The predicted octanol–water partition coefficient (Wildman–Crippen LogP) is 5.55. The molecule has 2 heterocycles. The summed E-state index contributed by atoms with van der Waals surface area (Å²) in [7, 11) is 0. The van der Waals surface area contributed by atoms with Gasteiger partial charge in [-0.1, -0.05) is 30.3 Å². The number of hydrogen-bond acceptors (Lipinski definition) is 3. The van der Waals surface area contributed by atoms with Crippen molar-refractivity contribution in [3.8, 4) is 5.75 Å². The van der Waals surface area contributed by atoms with Crippen molar-refractivity contribution in [1.29, 1.82) is 0 Å². The Balaban J connectivity index is 1.63. The van der Waals surface area contributed by atoms with Crippen LogP contribution in [0.1, 0.15) is 29.6 Å². The zero-order valence-corrected chi connectivity index (χ0v) is 15.5. The highest BCUT2D eigenvalue weighted by molar-refractivity contribution is 6.06. The summed E-state index contributed by atoms with van der Waals surface area (Å²) in [5.41, 5.74) is 1.52. The Hall–Kier alpha value is -3.21. The van der Waals surface area contributed by atoms with Gasteiger partial charge < -0.3 is 9.30 Å². The molecule has 0 atom stereocenters. The number of halogens is 1. The summed E-state index contributed by atoms with van der Waals surface area (Å²) in [6.45, 7) is 0.457. The third-order valence-corrected chi connectivity index (χ3v) is 4.88.